The van der Waals surface area contributed by atoms with Crippen molar-refractivity contribution in [3.63, 3.8) is 0 Å². The maximum absolute atomic E-state index is 13.7. The molecule has 12 heteroatoms. The van der Waals surface area contributed by atoms with Gasteiger partial charge in [0.15, 0.2) is 5.78 Å². The largest absolute Gasteiger partial charge is 0.491 e. The standard InChI is InChI=1S/C28H41F3N2O7/c1-8-9-10-13-37-14-15-38-22-12-11-19(16-20(22)28(29,30)31)21(34)17-32-23(35)27(7)18-39-26(5,6)33(27)24(36)40-25(2,3)4/h11-12,16H,8-10,13-15,17-18H2,1-7H3,(H,32,35)/t27-/m1/s1. The highest BCUT2D eigenvalue weighted by Gasteiger charge is 2.57. The van der Waals surface area contributed by atoms with Crippen LogP contribution in [-0.2, 0) is 25.2 Å². The first-order valence-electron chi connectivity index (χ1n) is 13.3. The number of nitrogens with zero attached hydrogens (tertiary/aromatic N) is 1. The van der Waals surface area contributed by atoms with Crippen molar-refractivity contribution in [3.8, 4) is 5.75 Å². The van der Waals surface area contributed by atoms with Crippen molar-refractivity contribution >= 4 is 17.8 Å². The zero-order chi connectivity index (χ0) is 30.4. The van der Waals surface area contributed by atoms with Crippen molar-refractivity contribution in [1.29, 1.82) is 0 Å². The van der Waals surface area contributed by atoms with Crippen LogP contribution < -0.4 is 10.1 Å². The molecule has 0 spiro atoms. The number of hydrogen-bond acceptors (Lipinski definition) is 7. The number of amides is 2. The second-order valence-corrected chi connectivity index (χ2v) is 11.3. The van der Waals surface area contributed by atoms with Crippen LogP contribution in [0.1, 0.15) is 83.7 Å². The zero-order valence-corrected chi connectivity index (χ0v) is 24.3. The average molecular weight is 575 g/mol. The van der Waals surface area contributed by atoms with Gasteiger partial charge in [0.05, 0.1) is 25.3 Å². The Kier molecular flexibility index (Phi) is 11.0. The molecule has 0 bridgehead atoms. The number of nitrogens with one attached hydrogen (secondary N) is 1. The molecule has 0 radical (unpaired) electrons. The van der Waals surface area contributed by atoms with Crippen molar-refractivity contribution in [2.45, 2.75) is 90.8 Å². The summed E-state index contributed by atoms with van der Waals surface area (Å²) in [5.41, 5.74) is -4.91. The smallest absolute Gasteiger partial charge is 0.419 e. The summed E-state index contributed by atoms with van der Waals surface area (Å²) in [7, 11) is 0. The van der Waals surface area contributed by atoms with Gasteiger partial charge in [-0.15, -0.1) is 0 Å². The predicted molar refractivity (Wildman–Crippen MR) is 141 cm³/mol. The maximum atomic E-state index is 13.7. The number of hydrogen-bond donors (Lipinski definition) is 1. The lowest BCUT2D eigenvalue weighted by molar-refractivity contribution is -0.139. The van der Waals surface area contributed by atoms with E-state index in [1.807, 2.05) is 0 Å². The molecule has 226 valence electrons. The van der Waals surface area contributed by atoms with Crippen LogP contribution >= 0.6 is 0 Å². The molecule has 0 unspecified atom stereocenters. The van der Waals surface area contributed by atoms with E-state index in [4.69, 9.17) is 18.9 Å². The molecule has 0 aromatic heterocycles. The first-order valence-corrected chi connectivity index (χ1v) is 13.3. The van der Waals surface area contributed by atoms with Crippen LogP contribution in [-0.4, -0.2) is 72.5 Å². The lowest BCUT2D eigenvalue weighted by atomic mass is 9.99. The summed E-state index contributed by atoms with van der Waals surface area (Å²) >= 11 is 0. The average Bonchev–Trinajstić information content (AvgIpc) is 3.09. The number of carbonyl (C=O) groups is 3. The van der Waals surface area contributed by atoms with Gasteiger partial charge in [-0.05, 0) is 66.2 Å². The Labute approximate surface area is 233 Å². The fourth-order valence-corrected chi connectivity index (χ4v) is 4.21. The van der Waals surface area contributed by atoms with E-state index in [-0.39, 0.29) is 25.4 Å². The molecule has 2 rings (SSSR count). The minimum Gasteiger partial charge on any atom is -0.491 e. The summed E-state index contributed by atoms with van der Waals surface area (Å²) in [4.78, 5) is 40.1. The van der Waals surface area contributed by atoms with E-state index in [0.29, 0.717) is 12.7 Å². The molecule has 1 atom stereocenters. The second-order valence-electron chi connectivity index (χ2n) is 11.3. The van der Waals surface area contributed by atoms with Crippen LogP contribution in [0.2, 0.25) is 0 Å². The first kappa shape index (κ1) is 33.3. The van der Waals surface area contributed by atoms with Gasteiger partial charge >= 0.3 is 12.3 Å². The molecule has 2 amide bonds. The second kappa shape index (κ2) is 13.2. The monoisotopic (exact) mass is 574 g/mol. The van der Waals surface area contributed by atoms with Gasteiger partial charge in [0, 0.05) is 12.2 Å². The number of alkyl halides is 3. The summed E-state index contributed by atoms with van der Waals surface area (Å²) in [6.07, 6.45) is -2.66. The Morgan fingerprint density at radius 1 is 1.05 bits per heavy atom. The number of Topliss-reactive ketones (excluding diaryl/α,β-unsaturated/α-hetero) is 1. The quantitative estimate of drug-likeness (QED) is 0.265. The molecule has 1 aromatic rings. The fraction of sp³-hybridized carbons (Fsp3) is 0.679. The highest BCUT2D eigenvalue weighted by molar-refractivity contribution is 6.01. The van der Waals surface area contributed by atoms with E-state index in [9.17, 15) is 27.6 Å². The molecule has 1 fully saturated rings. The number of carbonyl (C=O) groups excluding carboxylic acids is 3. The van der Waals surface area contributed by atoms with E-state index < -0.39 is 58.7 Å². The topological polar surface area (TPSA) is 103 Å². The van der Waals surface area contributed by atoms with Crippen molar-refractivity contribution in [1.82, 2.24) is 10.2 Å². The predicted octanol–water partition coefficient (Wildman–Crippen LogP) is 5.35. The molecule has 1 aromatic carbocycles. The number of ketones is 1. The number of rotatable bonds is 12. The summed E-state index contributed by atoms with van der Waals surface area (Å²) in [6, 6.07) is 2.98. The Morgan fingerprint density at radius 2 is 1.73 bits per heavy atom. The summed E-state index contributed by atoms with van der Waals surface area (Å²) in [6.45, 7) is 11.5. The van der Waals surface area contributed by atoms with Gasteiger partial charge in [0.25, 0.3) is 0 Å². The van der Waals surface area contributed by atoms with E-state index >= 15 is 0 Å². The Bertz CT molecular complexity index is 1050. The number of benzene rings is 1. The van der Waals surface area contributed by atoms with E-state index in [2.05, 4.69) is 12.2 Å². The van der Waals surface area contributed by atoms with Crippen LogP contribution in [0.4, 0.5) is 18.0 Å². The molecular weight excluding hydrogens is 533 g/mol. The lowest BCUT2D eigenvalue weighted by Crippen LogP contribution is -2.62. The van der Waals surface area contributed by atoms with Crippen LogP contribution in [0.3, 0.4) is 0 Å². The molecule has 1 aliphatic rings. The number of unbranched alkanes of at least 4 members (excludes halogenated alkanes) is 2. The summed E-state index contributed by atoms with van der Waals surface area (Å²) in [5.74, 6) is -1.89. The minimum absolute atomic E-state index is 0.0797. The van der Waals surface area contributed by atoms with Gasteiger partial charge in [-0.1, -0.05) is 19.8 Å². The molecule has 1 N–H and O–H groups in total. The third-order valence-electron chi connectivity index (χ3n) is 6.20. The van der Waals surface area contributed by atoms with Gasteiger partial charge < -0.3 is 24.3 Å². The summed E-state index contributed by atoms with van der Waals surface area (Å²) in [5, 5.41) is 2.44. The third-order valence-corrected chi connectivity index (χ3v) is 6.20. The van der Waals surface area contributed by atoms with Crippen molar-refractivity contribution in [3.05, 3.63) is 29.3 Å². The van der Waals surface area contributed by atoms with Gasteiger partial charge in [0.2, 0.25) is 5.91 Å². The zero-order valence-electron chi connectivity index (χ0n) is 24.3. The maximum Gasteiger partial charge on any atom is 0.419 e. The number of ether oxygens (including phenoxy) is 4. The fourth-order valence-electron chi connectivity index (χ4n) is 4.21. The lowest BCUT2D eigenvalue weighted by Gasteiger charge is -2.39. The Balaban J connectivity index is 2.09. The molecule has 9 nitrogen and oxygen atoms in total. The molecule has 1 saturated heterocycles. The minimum atomic E-state index is -4.77. The van der Waals surface area contributed by atoms with Gasteiger partial charge in [-0.3, -0.25) is 14.5 Å². The third kappa shape index (κ3) is 8.82. The number of halogens is 3. The Hall–Kier alpha value is -2.86. The van der Waals surface area contributed by atoms with Crippen LogP contribution in [0.15, 0.2) is 18.2 Å². The van der Waals surface area contributed by atoms with Crippen molar-refractivity contribution in [2.75, 3.05) is 33.0 Å². The normalized spacial score (nSPS) is 18.9. The molecule has 1 heterocycles. The molecule has 0 aliphatic carbocycles. The highest BCUT2D eigenvalue weighted by atomic mass is 19.4. The highest BCUT2D eigenvalue weighted by Crippen LogP contribution is 2.38. The first-order chi connectivity index (χ1) is 18.4. The van der Waals surface area contributed by atoms with Crippen molar-refractivity contribution < 1.29 is 46.5 Å². The van der Waals surface area contributed by atoms with Crippen LogP contribution in [0.5, 0.6) is 5.75 Å². The Morgan fingerprint density at radius 3 is 2.33 bits per heavy atom. The van der Waals surface area contributed by atoms with Crippen molar-refractivity contribution in [2.24, 2.45) is 0 Å². The molecule has 0 saturated carbocycles. The van der Waals surface area contributed by atoms with Gasteiger partial charge in [0.1, 0.15) is 29.2 Å². The molecule has 1 aliphatic heterocycles. The van der Waals surface area contributed by atoms with Gasteiger partial charge in [-0.2, -0.15) is 13.2 Å². The van der Waals surface area contributed by atoms with E-state index in [1.54, 1.807) is 34.6 Å². The molecule has 40 heavy (non-hydrogen) atoms. The molecular formula is C28H41F3N2O7. The van der Waals surface area contributed by atoms with Crippen LogP contribution in [0.25, 0.3) is 0 Å². The van der Waals surface area contributed by atoms with E-state index in [0.717, 1.165) is 30.2 Å². The van der Waals surface area contributed by atoms with E-state index in [1.165, 1.54) is 13.0 Å². The summed E-state index contributed by atoms with van der Waals surface area (Å²) < 4.78 is 63.0. The van der Waals surface area contributed by atoms with Gasteiger partial charge in [-0.25, -0.2) is 4.79 Å². The van der Waals surface area contributed by atoms with Crippen LogP contribution in [0, 0.1) is 0 Å². The SMILES string of the molecule is CCCCCOCCOc1ccc(C(=O)CNC(=O)[C@@]2(C)COC(C)(C)N2C(=O)OC(C)(C)C)cc1C(F)(F)F.